The molecule has 5 heteroatoms. The van der Waals surface area contributed by atoms with Gasteiger partial charge in [0.15, 0.2) is 0 Å². The number of carbonyl (C=O) groups is 1. The summed E-state index contributed by atoms with van der Waals surface area (Å²) in [6.07, 6.45) is 0. The van der Waals surface area contributed by atoms with Crippen molar-refractivity contribution in [3.05, 3.63) is 58.6 Å². The molecule has 3 N–H and O–H groups in total. The maximum Gasteiger partial charge on any atom is 0.244 e. The third-order valence-electron chi connectivity index (χ3n) is 2.99. The summed E-state index contributed by atoms with van der Waals surface area (Å²) in [5, 5.41) is 3.16. The molecule has 21 heavy (non-hydrogen) atoms. The Kier molecular flexibility index (Phi) is 5.22. The highest BCUT2D eigenvalue weighted by molar-refractivity contribution is 9.10. The molecule has 0 aliphatic heterocycles. The molecule has 0 heterocycles. The molecular formula is C16H17BrN2O2. The van der Waals surface area contributed by atoms with Crippen LogP contribution in [0.25, 0.3) is 0 Å². The van der Waals surface area contributed by atoms with Crippen molar-refractivity contribution >= 4 is 27.5 Å². The number of para-hydroxylation sites is 2. The zero-order valence-corrected chi connectivity index (χ0v) is 13.3. The van der Waals surface area contributed by atoms with Crippen LogP contribution in [-0.2, 0) is 4.79 Å². The summed E-state index contributed by atoms with van der Waals surface area (Å²) >= 11 is 3.45. The molecule has 0 aliphatic rings. The minimum absolute atomic E-state index is 0.460. The molecule has 110 valence electrons. The molecule has 0 aliphatic carbocycles. The van der Waals surface area contributed by atoms with E-state index < -0.39 is 11.9 Å². The van der Waals surface area contributed by atoms with Gasteiger partial charge in [0.2, 0.25) is 5.91 Å². The lowest BCUT2D eigenvalue weighted by Gasteiger charge is -2.20. The lowest BCUT2D eigenvalue weighted by atomic mass is 10.0. The van der Waals surface area contributed by atoms with Crippen molar-refractivity contribution in [1.29, 1.82) is 0 Å². The number of nitrogens with one attached hydrogen (secondary N) is 1. The number of halogens is 1. The van der Waals surface area contributed by atoms with Crippen LogP contribution in [0.15, 0.2) is 53.0 Å². The molecule has 1 unspecified atom stereocenters. The van der Waals surface area contributed by atoms with E-state index in [4.69, 9.17) is 10.5 Å². The fraction of sp³-hybridized carbons (Fsp3) is 0.188. The van der Waals surface area contributed by atoms with Gasteiger partial charge in [-0.1, -0.05) is 30.3 Å². The number of rotatable bonds is 6. The molecule has 2 aromatic carbocycles. The van der Waals surface area contributed by atoms with E-state index in [-0.39, 0.29) is 0 Å². The number of anilines is 1. The number of benzene rings is 2. The number of hydrogen-bond acceptors (Lipinski definition) is 3. The van der Waals surface area contributed by atoms with Gasteiger partial charge in [0.1, 0.15) is 11.8 Å². The van der Waals surface area contributed by atoms with Crippen LogP contribution in [-0.4, -0.2) is 12.5 Å². The number of hydrogen-bond donors (Lipinski definition) is 2. The van der Waals surface area contributed by atoms with E-state index in [1.54, 1.807) is 0 Å². The van der Waals surface area contributed by atoms with Crippen LogP contribution in [0.1, 0.15) is 18.5 Å². The molecule has 1 amide bonds. The largest absolute Gasteiger partial charge is 0.494 e. The van der Waals surface area contributed by atoms with Crippen LogP contribution in [0.5, 0.6) is 5.75 Å². The quantitative estimate of drug-likeness (QED) is 0.839. The highest BCUT2D eigenvalue weighted by Crippen LogP contribution is 2.30. The smallest absolute Gasteiger partial charge is 0.244 e. The standard InChI is InChI=1S/C16H17BrN2O2/c1-2-21-14-10-6-3-7-11(14)15(16(18)20)19-13-9-5-4-8-12(13)17/h3-10,15,19H,2H2,1H3,(H2,18,20). The Balaban J connectivity index is 2.36. The van der Waals surface area contributed by atoms with Crippen LogP contribution in [0.2, 0.25) is 0 Å². The topological polar surface area (TPSA) is 64.3 Å². The monoisotopic (exact) mass is 348 g/mol. The fourth-order valence-corrected chi connectivity index (χ4v) is 2.44. The van der Waals surface area contributed by atoms with Crippen molar-refractivity contribution in [3.8, 4) is 5.75 Å². The number of amides is 1. The fourth-order valence-electron chi connectivity index (χ4n) is 2.04. The molecule has 0 aromatic heterocycles. The molecular weight excluding hydrogens is 332 g/mol. The normalized spacial score (nSPS) is 11.7. The molecule has 1 atom stereocenters. The Morgan fingerprint density at radius 2 is 1.90 bits per heavy atom. The first-order chi connectivity index (χ1) is 10.1. The van der Waals surface area contributed by atoms with Gasteiger partial charge in [0.25, 0.3) is 0 Å². The number of nitrogens with two attached hydrogens (primary N) is 1. The van der Waals surface area contributed by atoms with Gasteiger partial charge in [-0.15, -0.1) is 0 Å². The van der Waals surface area contributed by atoms with E-state index in [2.05, 4.69) is 21.2 Å². The highest BCUT2D eigenvalue weighted by atomic mass is 79.9. The predicted molar refractivity (Wildman–Crippen MR) is 87.3 cm³/mol. The van der Waals surface area contributed by atoms with Crippen LogP contribution in [0, 0.1) is 0 Å². The van der Waals surface area contributed by atoms with Gasteiger partial charge in [-0.05, 0) is 41.1 Å². The van der Waals surface area contributed by atoms with E-state index in [0.717, 1.165) is 15.7 Å². The number of ether oxygens (including phenoxy) is 1. The molecule has 0 fully saturated rings. The first-order valence-electron chi connectivity index (χ1n) is 6.65. The average Bonchev–Trinajstić information content (AvgIpc) is 2.47. The highest BCUT2D eigenvalue weighted by Gasteiger charge is 2.22. The first-order valence-corrected chi connectivity index (χ1v) is 7.45. The Morgan fingerprint density at radius 3 is 2.57 bits per heavy atom. The number of primary amides is 1. The molecule has 2 rings (SSSR count). The second-order valence-electron chi connectivity index (χ2n) is 4.43. The Labute approximate surface area is 132 Å². The molecule has 0 bridgehead atoms. The summed E-state index contributed by atoms with van der Waals surface area (Å²) in [5.41, 5.74) is 7.08. The van der Waals surface area contributed by atoms with Gasteiger partial charge in [-0.25, -0.2) is 0 Å². The molecule has 0 spiro atoms. The molecule has 4 nitrogen and oxygen atoms in total. The average molecular weight is 349 g/mol. The Bertz CT molecular complexity index is 631. The van der Waals surface area contributed by atoms with E-state index >= 15 is 0 Å². The second-order valence-corrected chi connectivity index (χ2v) is 5.28. The van der Waals surface area contributed by atoms with Gasteiger partial charge in [0.05, 0.1) is 6.61 Å². The van der Waals surface area contributed by atoms with E-state index in [0.29, 0.717) is 12.4 Å². The van der Waals surface area contributed by atoms with E-state index in [1.165, 1.54) is 0 Å². The summed E-state index contributed by atoms with van der Waals surface area (Å²) in [6, 6.07) is 14.3. The Morgan fingerprint density at radius 1 is 1.24 bits per heavy atom. The third kappa shape index (κ3) is 3.76. The lowest BCUT2D eigenvalue weighted by molar-refractivity contribution is -0.118. The zero-order valence-electron chi connectivity index (χ0n) is 11.7. The molecule has 0 saturated carbocycles. The summed E-state index contributed by atoms with van der Waals surface area (Å²) in [6.45, 7) is 2.43. The van der Waals surface area contributed by atoms with Crippen molar-refractivity contribution in [2.45, 2.75) is 13.0 Å². The van der Waals surface area contributed by atoms with Crippen molar-refractivity contribution in [2.24, 2.45) is 5.73 Å². The molecule has 0 radical (unpaired) electrons. The van der Waals surface area contributed by atoms with E-state index in [1.807, 2.05) is 55.5 Å². The Hall–Kier alpha value is -2.01. The van der Waals surface area contributed by atoms with Crippen LogP contribution in [0.3, 0.4) is 0 Å². The number of carbonyl (C=O) groups excluding carboxylic acids is 1. The van der Waals surface area contributed by atoms with Crippen LogP contribution >= 0.6 is 15.9 Å². The van der Waals surface area contributed by atoms with Gasteiger partial charge >= 0.3 is 0 Å². The maximum atomic E-state index is 11.9. The van der Waals surface area contributed by atoms with Gasteiger partial charge in [-0.3, -0.25) is 4.79 Å². The van der Waals surface area contributed by atoms with Crippen LogP contribution < -0.4 is 15.8 Å². The maximum absolute atomic E-state index is 11.9. The van der Waals surface area contributed by atoms with Gasteiger partial charge in [0, 0.05) is 15.7 Å². The van der Waals surface area contributed by atoms with Gasteiger partial charge < -0.3 is 15.8 Å². The summed E-state index contributed by atoms with van der Waals surface area (Å²) in [7, 11) is 0. The van der Waals surface area contributed by atoms with Crippen molar-refractivity contribution in [3.63, 3.8) is 0 Å². The lowest BCUT2D eigenvalue weighted by Crippen LogP contribution is -2.28. The molecule has 0 saturated heterocycles. The summed E-state index contributed by atoms with van der Waals surface area (Å²) < 4.78 is 6.44. The van der Waals surface area contributed by atoms with Crippen molar-refractivity contribution in [1.82, 2.24) is 0 Å². The molecule has 2 aromatic rings. The van der Waals surface area contributed by atoms with Crippen molar-refractivity contribution < 1.29 is 9.53 Å². The van der Waals surface area contributed by atoms with E-state index in [9.17, 15) is 4.79 Å². The van der Waals surface area contributed by atoms with Crippen molar-refractivity contribution in [2.75, 3.05) is 11.9 Å². The van der Waals surface area contributed by atoms with Crippen LogP contribution in [0.4, 0.5) is 5.69 Å². The zero-order chi connectivity index (χ0) is 15.2. The summed E-state index contributed by atoms with van der Waals surface area (Å²) in [5.74, 6) is 0.196. The minimum atomic E-state index is -0.661. The second kappa shape index (κ2) is 7.13. The summed E-state index contributed by atoms with van der Waals surface area (Å²) in [4.78, 5) is 11.9. The van der Waals surface area contributed by atoms with Gasteiger partial charge in [-0.2, -0.15) is 0 Å². The predicted octanol–water partition coefficient (Wildman–Crippen LogP) is 3.49. The first kappa shape index (κ1) is 15.4. The minimum Gasteiger partial charge on any atom is -0.494 e. The SMILES string of the molecule is CCOc1ccccc1C(Nc1ccccc1Br)C(N)=O. The third-order valence-corrected chi connectivity index (χ3v) is 3.68.